The lowest BCUT2D eigenvalue weighted by molar-refractivity contribution is 0.0697. The molecular formula is C20H13NO2S. The quantitative estimate of drug-likeness (QED) is 0.552. The van der Waals surface area contributed by atoms with Crippen LogP contribution in [0.3, 0.4) is 0 Å². The van der Waals surface area contributed by atoms with Crippen LogP contribution in [0.25, 0.3) is 31.9 Å². The fraction of sp³-hybridized carbons (Fsp3) is 0. The van der Waals surface area contributed by atoms with Gasteiger partial charge in [-0.1, -0.05) is 48.5 Å². The Morgan fingerprint density at radius 1 is 0.875 bits per heavy atom. The lowest BCUT2D eigenvalue weighted by Gasteiger charge is -2.09. The molecule has 3 nitrogen and oxygen atoms in total. The molecule has 4 heteroatoms. The van der Waals surface area contributed by atoms with E-state index in [1.54, 1.807) is 23.5 Å². The minimum Gasteiger partial charge on any atom is -0.478 e. The van der Waals surface area contributed by atoms with Gasteiger partial charge in [-0.3, -0.25) is 0 Å². The smallest absolute Gasteiger partial charge is 0.335 e. The predicted molar refractivity (Wildman–Crippen MR) is 97.5 cm³/mol. The van der Waals surface area contributed by atoms with Gasteiger partial charge in [0, 0.05) is 5.56 Å². The van der Waals surface area contributed by atoms with Crippen molar-refractivity contribution in [1.82, 2.24) is 4.98 Å². The van der Waals surface area contributed by atoms with E-state index in [2.05, 4.69) is 0 Å². The van der Waals surface area contributed by atoms with E-state index in [9.17, 15) is 9.90 Å². The van der Waals surface area contributed by atoms with E-state index in [1.165, 1.54) is 0 Å². The van der Waals surface area contributed by atoms with Crippen LogP contribution in [0.15, 0.2) is 72.8 Å². The van der Waals surface area contributed by atoms with E-state index in [-0.39, 0.29) is 5.56 Å². The van der Waals surface area contributed by atoms with Gasteiger partial charge >= 0.3 is 5.97 Å². The molecule has 0 aliphatic heterocycles. The van der Waals surface area contributed by atoms with Gasteiger partial charge in [0.05, 0.1) is 15.8 Å². The average Bonchev–Trinajstić information content (AvgIpc) is 3.06. The number of carboxylic acids is 1. The van der Waals surface area contributed by atoms with Crippen LogP contribution in [-0.4, -0.2) is 16.1 Å². The van der Waals surface area contributed by atoms with Crippen molar-refractivity contribution in [3.63, 3.8) is 0 Å². The summed E-state index contributed by atoms with van der Waals surface area (Å²) in [6.45, 7) is 0. The maximum absolute atomic E-state index is 11.4. The molecule has 0 aliphatic rings. The molecule has 116 valence electrons. The summed E-state index contributed by atoms with van der Waals surface area (Å²) in [5.74, 6) is -0.933. The average molecular weight is 331 g/mol. The van der Waals surface area contributed by atoms with Gasteiger partial charge in [-0.2, -0.15) is 0 Å². The molecule has 4 aromatic rings. The van der Waals surface area contributed by atoms with Gasteiger partial charge in [-0.15, -0.1) is 11.3 Å². The number of nitrogens with zero attached hydrogens (tertiary/aromatic N) is 1. The third-order valence-corrected chi connectivity index (χ3v) is 4.95. The van der Waals surface area contributed by atoms with Gasteiger partial charge in [-0.05, 0) is 35.4 Å². The Morgan fingerprint density at radius 2 is 1.62 bits per heavy atom. The summed E-state index contributed by atoms with van der Waals surface area (Å²) in [6.07, 6.45) is 0. The third-order valence-electron chi connectivity index (χ3n) is 3.88. The van der Waals surface area contributed by atoms with E-state index in [0.717, 1.165) is 31.9 Å². The monoisotopic (exact) mass is 331 g/mol. The lowest BCUT2D eigenvalue weighted by atomic mass is 9.98. The molecule has 0 bridgehead atoms. The number of fused-ring (bicyclic) bond motifs is 1. The number of benzene rings is 3. The van der Waals surface area contributed by atoms with Crippen LogP contribution >= 0.6 is 11.3 Å². The number of rotatable bonds is 3. The van der Waals surface area contributed by atoms with Gasteiger partial charge in [0.15, 0.2) is 0 Å². The minimum absolute atomic E-state index is 0.268. The molecular weight excluding hydrogens is 318 g/mol. The number of carbonyl (C=O) groups is 1. The van der Waals surface area contributed by atoms with Crippen molar-refractivity contribution in [2.75, 3.05) is 0 Å². The minimum atomic E-state index is -0.933. The summed E-state index contributed by atoms with van der Waals surface area (Å²) in [7, 11) is 0. The standard InChI is InChI=1S/C20H13NO2S/c22-20(23)14-10-11-15(13-6-2-1-3-7-13)16(12-14)19-21-17-8-4-5-9-18(17)24-19/h1-12H,(H,22,23). The number of aromatic nitrogens is 1. The summed E-state index contributed by atoms with van der Waals surface area (Å²) in [4.78, 5) is 16.1. The van der Waals surface area contributed by atoms with E-state index >= 15 is 0 Å². The maximum Gasteiger partial charge on any atom is 0.335 e. The van der Waals surface area contributed by atoms with Crippen molar-refractivity contribution < 1.29 is 9.90 Å². The second-order valence-electron chi connectivity index (χ2n) is 5.42. The first-order valence-corrected chi connectivity index (χ1v) is 8.33. The molecule has 0 spiro atoms. The molecule has 0 saturated carbocycles. The molecule has 0 radical (unpaired) electrons. The van der Waals surface area contributed by atoms with Crippen molar-refractivity contribution in [2.45, 2.75) is 0 Å². The number of thiazole rings is 1. The molecule has 0 atom stereocenters. The first-order valence-electron chi connectivity index (χ1n) is 7.51. The topological polar surface area (TPSA) is 50.2 Å². The van der Waals surface area contributed by atoms with E-state index in [4.69, 9.17) is 4.98 Å². The second-order valence-corrected chi connectivity index (χ2v) is 6.45. The second kappa shape index (κ2) is 5.91. The molecule has 0 aliphatic carbocycles. The van der Waals surface area contributed by atoms with Crippen LogP contribution < -0.4 is 0 Å². The summed E-state index contributed by atoms with van der Waals surface area (Å²) >= 11 is 1.58. The van der Waals surface area contributed by atoms with Gasteiger partial charge in [0.25, 0.3) is 0 Å². The highest BCUT2D eigenvalue weighted by Crippen LogP contribution is 2.37. The molecule has 4 rings (SSSR count). The molecule has 0 amide bonds. The summed E-state index contributed by atoms with van der Waals surface area (Å²) < 4.78 is 1.09. The fourth-order valence-corrected chi connectivity index (χ4v) is 3.71. The number of para-hydroxylation sites is 1. The highest BCUT2D eigenvalue weighted by molar-refractivity contribution is 7.21. The summed E-state index contributed by atoms with van der Waals surface area (Å²) in [6, 6.07) is 23.1. The molecule has 0 saturated heterocycles. The van der Waals surface area contributed by atoms with Crippen LogP contribution in [0.5, 0.6) is 0 Å². The Morgan fingerprint density at radius 3 is 2.38 bits per heavy atom. The zero-order valence-electron chi connectivity index (χ0n) is 12.6. The van der Waals surface area contributed by atoms with E-state index < -0.39 is 5.97 Å². The summed E-state index contributed by atoms with van der Waals surface area (Å²) in [5, 5.41) is 10.2. The SMILES string of the molecule is O=C(O)c1ccc(-c2ccccc2)c(-c2nc3ccccc3s2)c1. The van der Waals surface area contributed by atoms with Crippen LogP contribution in [-0.2, 0) is 0 Å². The van der Waals surface area contributed by atoms with E-state index in [1.807, 2.05) is 60.7 Å². The van der Waals surface area contributed by atoms with Crippen LogP contribution in [0.4, 0.5) is 0 Å². The molecule has 0 unspecified atom stereocenters. The Balaban J connectivity index is 1.97. The van der Waals surface area contributed by atoms with Crippen LogP contribution in [0.2, 0.25) is 0 Å². The van der Waals surface area contributed by atoms with Gasteiger partial charge in [0.2, 0.25) is 0 Å². The Hall–Kier alpha value is -2.98. The van der Waals surface area contributed by atoms with Crippen molar-refractivity contribution in [3.05, 3.63) is 78.4 Å². The van der Waals surface area contributed by atoms with E-state index in [0.29, 0.717) is 0 Å². The lowest BCUT2D eigenvalue weighted by Crippen LogP contribution is -1.97. The van der Waals surface area contributed by atoms with Gasteiger partial charge in [-0.25, -0.2) is 9.78 Å². The number of hydrogen-bond acceptors (Lipinski definition) is 3. The third kappa shape index (κ3) is 2.57. The maximum atomic E-state index is 11.4. The zero-order chi connectivity index (χ0) is 16.5. The first-order chi connectivity index (χ1) is 11.7. The Kier molecular flexibility index (Phi) is 3.59. The van der Waals surface area contributed by atoms with Gasteiger partial charge < -0.3 is 5.11 Å². The highest BCUT2D eigenvalue weighted by Gasteiger charge is 2.15. The molecule has 1 heterocycles. The molecule has 0 fully saturated rings. The van der Waals surface area contributed by atoms with Crippen LogP contribution in [0, 0.1) is 0 Å². The molecule has 1 N–H and O–H groups in total. The predicted octanol–water partition coefficient (Wildman–Crippen LogP) is 5.33. The highest BCUT2D eigenvalue weighted by atomic mass is 32.1. The van der Waals surface area contributed by atoms with Crippen molar-refractivity contribution in [1.29, 1.82) is 0 Å². The largest absolute Gasteiger partial charge is 0.478 e. The number of aromatic carboxylic acids is 1. The first kappa shape index (κ1) is 14.6. The number of carboxylic acid groups (broad SMARTS) is 1. The normalized spacial score (nSPS) is 10.8. The summed E-state index contributed by atoms with van der Waals surface area (Å²) in [5.41, 5.74) is 4.08. The van der Waals surface area contributed by atoms with Crippen molar-refractivity contribution >= 4 is 27.5 Å². The molecule has 1 aromatic heterocycles. The van der Waals surface area contributed by atoms with Gasteiger partial charge in [0.1, 0.15) is 5.01 Å². The van der Waals surface area contributed by atoms with Crippen molar-refractivity contribution in [2.24, 2.45) is 0 Å². The zero-order valence-corrected chi connectivity index (χ0v) is 13.5. The molecule has 3 aromatic carbocycles. The number of hydrogen-bond donors (Lipinski definition) is 1. The molecule has 24 heavy (non-hydrogen) atoms. The Bertz CT molecular complexity index is 1000. The van der Waals surface area contributed by atoms with Crippen molar-refractivity contribution in [3.8, 4) is 21.7 Å². The van der Waals surface area contributed by atoms with Crippen LogP contribution in [0.1, 0.15) is 10.4 Å². The Labute approximate surface area is 142 Å². The fourth-order valence-electron chi connectivity index (χ4n) is 2.71.